The molecule has 3 aromatic rings. The summed E-state index contributed by atoms with van der Waals surface area (Å²) in [6, 6.07) is 13.6. The topological polar surface area (TPSA) is 104 Å². The van der Waals surface area contributed by atoms with Crippen molar-refractivity contribution in [3.63, 3.8) is 0 Å². The Bertz CT molecular complexity index is 1550. The van der Waals surface area contributed by atoms with Crippen molar-refractivity contribution in [3.8, 4) is 0 Å². The number of hydrogen-bond acceptors (Lipinski definition) is 6. The number of alkyl halides is 1. The predicted octanol–water partition coefficient (Wildman–Crippen LogP) is 6.35. The maximum Gasteiger partial charge on any atom is 0.419 e. The number of ketones is 3. The molecule has 5 atom stereocenters. The molecule has 7 nitrogen and oxygen atoms in total. The van der Waals surface area contributed by atoms with Gasteiger partial charge in [-0.25, -0.2) is 13.8 Å². The van der Waals surface area contributed by atoms with Gasteiger partial charge in [-0.3, -0.25) is 14.4 Å². The molecule has 0 bridgehead atoms. The molecule has 0 amide bonds. The number of para-hydroxylation sites is 2. The summed E-state index contributed by atoms with van der Waals surface area (Å²) in [5.74, 6) is -2.09. The first-order valence-corrected chi connectivity index (χ1v) is 15.6. The number of nitrogens with zero attached hydrogens (tertiary/aromatic N) is 1. The highest BCUT2D eigenvalue weighted by Crippen LogP contribution is 2.41. The summed E-state index contributed by atoms with van der Waals surface area (Å²) in [5, 5.41) is 4.82. The molecule has 1 N–H and O–H groups in total. The minimum absolute atomic E-state index is 0.0792. The van der Waals surface area contributed by atoms with Gasteiger partial charge in [0.05, 0.1) is 17.1 Å². The number of ether oxygens (including phenoxy) is 1. The average molecular weight is 587 g/mol. The van der Waals surface area contributed by atoms with Crippen molar-refractivity contribution in [2.24, 2.45) is 23.7 Å². The molecule has 2 aromatic carbocycles. The summed E-state index contributed by atoms with van der Waals surface area (Å²) in [5.41, 5.74) is 2.69. The van der Waals surface area contributed by atoms with Gasteiger partial charge in [-0.05, 0) is 43.2 Å². The number of Topliss-reactive ketones (excluding diaryl/α,β-unsaturated/α-hetero) is 3. The third-order valence-corrected chi connectivity index (χ3v) is 9.62. The van der Waals surface area contributed by atoms with E-state index in [9.17, 15) is 23.6 Å². The Kier molecular flexibility index (Phi) is 8.32. The Hall–Kier alpha value is -3.65. The molecule has 1 aromatic heterocycles. The minimum atomic E-state index is -1.19. The molecule has 8 heteroatoms. The number of carbonyl (C=O) groups is 4. The molecular weight excluding hydrogens is 547 g/mol. The van der Waals surface area contributed by atoms with Crippen molar-refractivity contribution in [2.45, 2.75) is 77.0 Å². The van der Waals surface area contributed by atoms with Crippen LogP contribution in [0.4, 0.5) is 9.18 Å². The fourth-order valence-corrected chi connectivity index (χ4v) is 7.11. The van der Waals surface area contributed by atoms with Crippen LogP contribution in [0.15, 0.2) is 60.2 Å². The van der Waals surface area contributed by atoms with E-state index in [0.29, 0.717) is 23.4 Å². The third-order valence-electron chi connectivity index (χ3n) is 9.62. The number of fused-ring (bicyclic) bond motifs is 3. The molecule has 0 spiro atoms. The standard InChI is InChI=1S/C35H39FN2O5/c1-20(2)34(43-35(42)38-27-14-8-6-12-24(27)25-13-7-9-15-28(25)38)33(41)32-31(37-32)26(30(40)19-36)18-29(39)23-16-22(17-23)21-10-4-3-5-11-21/h6-9,12-16,20-21,23,26,31-32,34,37H,3-5,10-11,17-19H2,1-2H3/t23?,26?,31?,32-,34?/m1/s1. The van der Waals surface area contributed by atoms with Gasteiger partial charge in [0.15, 0.2) is 17.7 Å². The highest BCUT2D eigenvalue weighted by Gasteiger charge is 2.53. The maximum absolute atomic E-state index is 13.7. The van der Waals surface area contributed by atoms with E-state index in [2.05, 4.69) is 5.32 Å². The zero-order chi connectivity index (χ0) is 30.2. The molecule has 0 radical (unpaired) electrons. The monoisotopic (exact) mass is 586 g/mol. The number of benzene rings is 2. The van der Waals surface area contributed by atoms with Crippen molar-refractivity contribution < 1.29 is 28.3 Å². The Labute approximate surface area is 250 Å². The first-order valence-electron chi connectivity index (χ1n) is 15.6. The van der Waals surface area contributed by atoms with Gasteiger partial charge in [-0.2, -0.15) is 0 Å². The molecular formula is C35H39FN2O5. The number of hydrogen-bond donors (Lipinski definition) is 1. The molecule has 1 saturated carbocycles. The second kappa shape index (κ2) is 12.2. The quantitative estimate of drug-likeness (QED) is 0.207. The number of rotatable bonds is 11. The molecule has 4 unspecified atom stereocenters. The summed E-state index contributed by atoms with van der Waals surface area (Å²) in [6.45, 7) is 2.39. The summed E-state index contributed by atoms with van der Waals surface area (Å²) in [6.07, 6.45) is 6.96. The fraction of sp³-hybridized carbons (Fsp3) is 0.486. The number of allylic oxidation sites excluding steroid dienone is 2. The van der Waals surface area contributed by atoms with Crippen LogP contribution in [-0.4, -0.2) is 52.9 Å². The lowest BCUT2D eigenvalue weighted by Crippen LogP contribution is -2.38. The molecule has 2 fully saturated rings. The van der Waals surface area contributed by atoms with Gasteiger partial charge < -0.3 is 10.1 Å². The molecule has 226 valence electrons. The lowest BCUT2D eigenvalue weighted by molar-refractivity contribution is -0.131. The molecule has 3 aliphatic rings. The Morgan fingerprint density at radius 3 is 2.14 bits per heavy atom. The van der Waals surface area contributed by atoms with Crippen LogP contribution in [0.2, 0.25) is 0 Å². The van der Waals surface area contributed by atoms with Gasteiger partial charge in [0.25, 0.3) is 0 Å². The Morgan fingerprint density at radius 2 is 1.56 bits per heavy atom. The van der Waals surface area contributed by atoms with Crippen molar-refractivity contribution in [1.29, 1.82) is 0 Å². The zero-order valence-corrected chi connectivity index (χ0v) is 24.8. The number of aromatic nitrogens is 1. The molecule has 1 aliphatic heterocycles. The van der Waals surface area contributed by atoms with Crippen molar-refractivity contribution >= 4 is 45.2 Å². The van der Waals surface area contributed by atoms with E-state index >= 15 is 0 Å². The van der Waals surface area contributed by atoms with Crippen LogP contribution in [0.5, 0.6) is 0 Å². The van der Waals surface area contributed by atoms with E-state index in [1.165, 1.54) is 42.2 Å². The van der Waals surface area contributed by atoms with Crippen LogP contribution in [0.3, 0.4) is 0 Å². The minimum Gasteiger partial charge on any atom is -0.437 e. The van der Waals surface area contributed by atoms with Crippen LogP contribution >= 0.6 is 0 Å². The van der Waals surface area contributed by atoms with Crippen LogP contribution in [-0.2, 0) is 19.1 Å². The van der Waals surface area contributed by atoms with E-state index in [-0.39, 0.29) is 29.8 Å². The van der Waals surface area contributed by atoms with Crippen molar-refractivity contribution in [3.05, 3.63) is 60.2 Å². The Balaban J connectivity index is 1.14. The number of carbonyl (C=O) groups excluding carboxylic acids is 4. The fourth-order valence-electron chi connectivity index (χ4n) is 7.11. The lowest BCUT2D eigenvalue weighted by atomic mass is 9.71. The number of nitrogens with one attached hydrogen (secondary N) is 1. The van der Waals surface area contributed by atoms with E-state index < -0.39 is 42.7 Å². The van der Waals surface area contributed by atoms with Gasteiger partial charge in [0.2, 0.25) is 0 Å². The maximum atomic E-state index is 13.7. The highest BCUT2D eigenvalue weighted by atomic mass is 19.1. The van der Waals surface area contributed by atoms with Crippen LogP contribution < -0.4 is 5.32 Å². The normalized spacial score (nSPS) is 23.4. The largest absolute Gasteiger partial charge is 0.437 e. The van der Waals surface area contributed by atoms with E-state index in [4.69, 9.17) is 4.74 Å². The van der Waals surface area contributed by atoms with Gasteiger partial charge in [-0.1, -0.05) is 81.2 Å². The molecule has 2 heterocycles. The van der Waals surface area contributed by atoms with Crippen molar-refractivity contribution in [2.75, 3.05) is 6.67 Å². The average Bonchev–Trinajstić information content (AvgIpc) is 3.72. The highest BCUT2D eigenvalue weighted by molar-refractivity contribution is 6.12. The smallest absolute Gasteiger partial charge is 0.419 e. The lowest BCUT2D eigenvalue weighted by Gasteiger charge is -2.33. The van der Waals surface area contributed by atoms with Gasteiger partial charge in [0.1, 0.15) is 12.5 Å². The summed E-state index contributed by atoms with van der Waals surface area (Å²) in [4.78, 5) is 53.0. The summed E-state index contributed by atoms with van der Waals surface area (Å²) in [7, 11) is 0. The van der Waals surface area contributed by atoms with Crippen LogP contribution in [0.25, 0.3) is 21.8 Å². The number of halogens is 1. The van der Waals surface area contributed by atoms with E-state index in [1.54, 1.807) is 13.8 Å². The third kappa shape index (κ3) is 5.69. The first-order chi connectivity index (χ1) is 20.8. The van der Waals surface area contributed by atoms with E-state index in [1.807, 2.05) is 54.6 Å². The van der Waals surface area contributed by atoms with Crippen LogP contribution in [0, 0.1) is 23.7 Å². The zero-order valence-electron chi connectivity index (χ0n) is 24.8. The first kappa shape index (κ1) is 29.4. The predicted molar refractivity (Wildman–Crippen MR) is 163 cm³/mol. The SMILES string of the molecule is CC(C)C(OC(=O)n1c2ccccc2c2ccccc21)C(=O)[C@@H]1NC1C(CC(=O)C1C=C(C2CCCCC2)C1)C(=O)CF. The van der Waals surface area contributed by atoms with Gasteiger partial charge >= 0.3 is 6.09 Å². The molecule has 43 heavy (non-hydrogen) atoms. The van der Waals surface area contributed by atoms with E-state index in [0.717, 1.165) is 10.8 Å². The van der Waals surface area contributed by atoms with Crippen molar-refractivity contribution in [1.82, 2.24) is 9.88 Å². The van der Waals surface area contributed by atoms with Crippen LogP contribution in [0.1, 0.15) is 58.8 Å². The second-order valence-electron chi connectivity index (χ2n) is 12.8. The summed E-state index contributed by atoms with van der Waals surface area (Å²) < 4.78 is 21.0. The van der Waals surface area contributed by atoms with Gasteiger partial charge in [-0.15, -0.1) is 0 Å². The van der Waals surface area contributed by atoms with Gasteiger partial charge in [0, 0.05) is 35.1 Å². The molecule has 1 saturated heterocycles. The second-order valence-corrected chi connectivity index (χ2v) is 12.8. The Morgan fingerprint density at radius 1 is 0.953 bits per heavy atom. The molecule has 2 aliphatic carbocycles. The molecule has 6 rings (SSSR count). The summed E-state index contributed by atoms with van der Waals surface area (Å²) >= 11 is 0.